The summed E-state index contributed by atoms with van der Waals surface area (Å²) in [6.45, 7) is 1.32. The van der Waals surface area contributed by atoms with Gasteiger partial charge in [-0.05, 0) is 30.5 Å². The number of carbonyl (C=O) groups excluding carboxylic acids is 1. The number of piperazine rings is 1. The van der Waals surface area contributed by atoms with E-state index in [0.717, 1.165) is 0 Å². The van der Waals surface area contributed by atoms with E-state index in [0.29, 0.717) is 23.7 Å². The number of hydrogen-bond donors (Lipinski definition) is 0. The minimum Gasteiger partial charge on any atom is -0.336 e. The maximum atomic E-state index is 12.7. The molecule has 1 aromatic carbocycles. The van der Waals surface area contributed by atoms with Crippen LogP contribution in [0.4, 0.5) is 0 Å². The zero-order valence-corrected chi connectivity index (χ0v) is 15.5. The van der Waals surface area contributed by atoms with Crippen molar-refractivity contribution < 1.29 is 13.2 Å². The third-order valence-corrected chi connectivity index (χ3v) is 6.73. The third kappa shape index (κ3) is 3.70. The standard InChI is InChI=1S/C17H19N3O3S2/c1-24-16-15(8-5-9-18-16)17(21)19-10-12-20(13-11-19)25(22,23)14-6-3-2-4-7-14/h2-9H,10-13H2,1H3. The SMILES string of the molecule is CSc1ncccc1C(=O)N1CCN(S(=O)(=O)c2ccccc2)CC1. The zero-order chi connectivity index (χ0) is 17.9. The van der Waals surface area contributed by atoms with E-state index < -0.39 is 10.0 Å². The van der Waals surface area contributed by atoms with Crippen LogP contribution < -0.4 is 0 Å². The number of carbonyl (C=O) groups is 1. The molecule has 1 aromatic heterocycles. The van der Waals surface area contributed by atoms with Gasteiger partial charge in [0.1, 0.15) is 5.03 Å². The molecule has 1 fully saturated rings. The lowest BCUT2D eigenvalue weighted by Crippen LogP contribution is -2.50. The molecule has 0 bridgehead atoms. The Labute approximate surface area is 151 Å². The number of nitrogens with zero attached hydrogens (tertiary/aromatic N) is 3. The largest absolute Gasteiger partial charge is 0.336 e. The van der Waals surface area contributed by atoms with Gasteiger partial charge in [-0.3, -0.25) is 4.79 Å². The van der Waals surface area contributed by atoms with Gasteiger partial charge in [-0.25, -0.2) is 13.4 Å². The second-order valence-corrected chi connectivity index (χ2v) is 8.30. The molecule has 2 aromatic rings. The van der Waals surface area contributed by atoms with Crippen molar-refractivity contribution in [2.24, 2.45) is 0 Å². The fraction of sp³-hybridized carbons (Fsp3) is 0.294. The van der Waals surface area contributed by atoms with Crippen LogP contribution in [-0.4, -0.2) is 60.9 Å². The molecule has 2 heterocycles. The van der Waals surface area contributed by atoms with E-state index in [1.807, 2.05) is 6.26 Å². The Balaban J connectivity index is 1.71. The van der Waals surface area contributed by atoms with Gasteiger partial charge in [-0.1, -0.05) is 18.2 Å². The smallest absolute Gasteiger partial charge is 0.256 e. The molecular weight excluding hydrogens is 358 g/mol. The quantitative estimate of drug-likeness (QED) is 0.762. The lowest BCUT2D eigenvalue weighted by molar-refractivity contribution is 0.0693. The Bertz CT molecular complexity index is 848. The van der Waals surface area contributed by atoms with Crippen molar-refractivity contribution in [3.63, 3.8) is 0 Å². The van der Waals surface area contributed by atoms with E-state index in [9.17, 15) is 13.2 Å². The van der Waals surface area contributed by atoms with Gasteiger partial charge in [0.2, 0.25) is 10.0 Å². The normalized spacial score (nSPS) is 16.0. The van der Waals surface area contributed by atoms with Crippen LogP contribution in [0.5, 0.6) is 0 Å². The van der Waals surface area contributed by atoms with Gasteiger partial charge in [0.05, 0.1) is 10.5 Å². The van der Waals surface area contributed by atoms with Crippen molar-refractivity contribution >= 4 is 27.7 Å². The number of rotatable bonds is 4. The minimum atomic E-state index is -3.51. The highest BCUT2D eigenvalue weighted by atomic mass is 32.2. The average molecular weight is 377 g/mol. The molecule has 25 heavy (non-hydrogen) atoms. The van der Waals surface area contributed by atoms with Crippen LogP contribution >= 0.6 is 11.8 Å². The summed E-state index contributed by atoms with van der Waals surface area (Å²) in [6.07, 6.45) is 3.54. The van der Waals surface area contributed by atoms with Gasteiger partial charge in [0.15, 0.2) is 0 Å². The molecule has 3 rings (SSSR count). The van der Waals surface area contributed by atoms with Crippen molar-refractivity contribution in [2.45, 2.75) is 9.92 Å². The zero-order valence-electron chi connectivity index (χ0n) is 13.8. The number of thioether (sulfide) groups is 1. The first-order valence-electron chi connectivity index (χ1n) is 7.87. The number of benzene rings is 1. The molecule has 1 saturated heterocycles. The molecule has 0 spiro atoms. The highest BCUT2D eigenvalue weighted by Gasteiger charge is 2.30. The fourth-order valence-electron chi connectivity index (χ4n) is 2.76. The summed E-state index contributed by atoms with van der Waals surface area (Å²) in [4.78, 5) is 18.9. The molecule has 0 radical (unpaired) electrons. The van der Waals surface area contributed by atoms with Gasteiger partial charge < -0.3 is 4.90 Å². The summed E-state index contributed by atoms with van der Waals surface area (Å²) >= 11 is 1.42. The molecule has 0 aliphatic carbocycles. The summed E-state index contributed by atoms with van der Waals surface area (Å²) in [5.41, 5.74) is 0.564. The Kier molecular flexibility index (Phi) is 5.41. The molecule has 8 heteroatoms. The van der Waals surface area contributed by atoms with Crippen LogP contribution in [0, 0.1) is 0 Å². The van der Waals surface area contributed by atoms with Gasteiger partial charge >= 0.3 is 0 Å². The lowest BCUT2D eigenvalue weighted by atomic mass is 10.2. The summed E-state index contributed by atoms with van der Waals surface area (Å²) < 4.78 is 26.7. The Morgan fingerprint density at radius 1 is 1.04 bits per heavy atom. The monoisotopic (exact) mass is 377 g/mol. The number of hydrogen-bond acceptors (Lipinski definition) is 5. The van der Waals surface area contributed by atoms with Crippen molar-refractivity contribution in [3.05, 3.63) is 54.2 Å². The molecule has 0 unspecified atom stereocenters. The van der Waals surface area contributed by atoms with Gasteiger partial charge in [-0.2, -0.15) is 4.31 Å². The number of aromatic nitrogens is 1. The van der Waals surface area contributed by atoms with E-state index in [1.165, 1.54) is 16.1 Å². The van der Waals surface area contributed by atoms with Gasteiger partial charge in [-0.15, -0.1) is 11.8 Å². The van der Waals surface area contributed by atoms with Gasteiger partial charge in [0.25, 0.3) is 5.91 Å². The molecule has 1 amide bonds. The van der Waals surface area contributed by atoms with Crippen molar-refractivity contribution in [2.75, 3.05) is 32.4 Å². The molecule has 1 aliphatic heterocycles. The number of amides is 1. The second kappa shape index (κ2) is 7.55. The van der Waals surface area contributed by atoms with Crippen LogP contribution in [0.2, 0.25) is 0 Å². The van der Waals surface area contributed by atoms with Crippen molar-refractivity contribution in [1.82, 2.24) is 14.2 Å². The van der Waals surface area contributed by atoms with E-state index in [1.54, 1.807) is 53.6 Å². The van der Waals surface area contributed by atoms with Gasteiger partial charge in [0, 0.05) is 32.4 Å². The predicted molar refractivity (Wildman–Crippen MR) is 97.1 cm³/mol. The summed E-state index contributed by atoms with van der Waals surface area (Å²) in [5.74, 6) is -0.103. The predicted octanol–water partition coefficient (Wildman–Crippen LogP) is 1.95. The van der Waals surface area contributed by atoms with Crippen molar-refractivity contribution in [3.8, 4) is 0 Å². The van der Waals surface area contributed by atoms with Crippen LogP contribution in [0.15, 0.2) is 58.6 Å². The molecule has 1 aliphatic rings. The van der Waals surface area contributed by atoms with Crippen LogP contribution in [0.25, 0.3) is 0 Å². The topological polar surface area (TPSA) is 70.6 Å². The van der Waals surface area contributed by atoms with Crippen LogP contribution in [0.1, 0.15) is 10.4 Å². The maximum absolute atomic E-state index is 12.7. The molecule has 132 valence electrons. The Hall–Kier alpha value is -1.90. The minimum absolute atomic E-state index is 0.103. The third-order valence-electron chi connectivity index (χ3n) is 4.10. The van der Waals surface area contributed by atoms with E-state index in [2.05, 4.69) is 4.98 Å². The van der Waals surface area contributed by atoms with Crippen LogP contribution in [0.3, 0.4) is 0 Å². The number of sulfonamides is 1. The highest BCUT2D eigenvalue weighted by Crippen LogP contribution is 2.21. The second-order valence-electron chi connectivity index (χ2n) is 5.57. The molecule has 6 nitrogen and oxygen atoms in total. The van der Waals surface area contributed by atoms with E-state index in [-0.39, 0.29) is 23.9 Å². The average Bonchev–Trinajstić information content (AvgIpc) is 2.68. The van der Waals surface area contributed by atoms with Crippen molar-refractivity contribution in [1.29, 1.82) is 0 Å². The maximum Gasteiger partial charge on any atom is 0.256 e. The molecule has 0 saturated carbocycles. The Morgan fingerprint density at radius 3 is 2.36 bits per heavy atom. The van der Waals surface area contributed by atoms with E-state index >= 15 is 0 Å². The fourth-order valence-corrected chi connectivity index (χ4v) is 4.74. The first kappa shape index (κ1) is 17.9. The van der Waals surface area contributed by atoms with Crippen LogP contribution in [-0.2, 0) is 10.0 Å². The van der Waals surface area contributed by atoms with E-state index in [4.69, 9.17) is 0 Å². The summed E-state index contributed by atoms with van der Waals surface area (Å²) in [7, 11) is -3.51. The molecular formula is C17H19N3O3S2. The molecule has 0 atom stereocenters. The lowest BCUT2D eigenvalue weighted by Gasteiger charge is -2.34. The first-order chi connectivity index (χ1) is 12.0. The highest BCUT2D eigenvalue weighted by molar-refractivity contribution is 7.98. The number of pyridine rings is 1. The summed E-state index contributed by atoms with van der Waals surface area (Å²) in [5, 5.41) is 0.687. The summed E-state index contributed by atoms with van der Waals surface area (Å²) in [6, 6.07) is 11.9. The Morgan fingerprint density at radius 2 is 1.72 bits per heavy atom. The first-order valence-corrected chi connectivity index (χ1v) is 10.5. The molecule has 0 N–H and O–H groups in total.